The monoisotopic (exact) mass is 746 g/mol. The summed E-state index contributed by atoms with van der Waals surface area (Å²) >= 11 is 0.723. The van der Waals surface area contributed by atoms with Crippen molar-refractivity contribution >= 4 is 51.9 Å². The second kappa shape index (κ2) is 13.2. The van der Waals surface area contributed by atoms with E-state index in [-0.39, 0.29) is 46.0 Å². The van der Waals surface area contributed by atoms with E-state index in [0.29, 0.717) is 49.1 Å². The van der Waals surface area contributed by atoms with Crippen LogP contribution in [0.25, 0.3) is 26.4 Å². The van der Waals surface area contributed by atoms with E-state index in [1.807, 2.05) is 4.90 Å². The number of ether oxygens (including phenoxy) is 1. The van der Waals surface area contributed by atoms with Crippen LogP contribution in [0.15, 0.2) is 17.0 Å². The Morgan fingerprint density at radius 1 is 1.16 bits per heavy atom. The average molecular weight is 747 g/mol. The van der Waals surface area contributed by atoms with Gasteiger partial charge in [0.2, 0.25) is 5.91 Å². The summed E-state index contributed by atoms with van der Waals surface area (Å²) in [4.78, 5) is 21.6. The van der Waals surface area contributed by atoms with Crippen LogP contribution in [0, 0.1) is 24.3 Å². The number of hydrogen-bond acceptors (Lipinski definition) is 9. The minimum atomic E-state index is -4.29. The van der Waals surface area contributed by atoms with Crippen molar-refractivity contribution in [2.24, 2.45) is 24.8 Å². The van der Waals surface area contributed by atoms with Gasteiger partial charge in [-0.15, -0.1) is 10.2 Å². The molecule has 4 heterocycles. The maximum absolute atomic E-state index is 14.7. The normalized spacial score (nSPS) is 23.4. The highest BCUT2D eigenvalue weighted by Gasteiger charge is 2.61. The number of sulfonamides is 1. The number of alkyl halides is 2. The van der Waals surface area contributed by atoms with E-state index in [0.717, 1.165) is 56.2 Å². The molecule has 50 heavy (non-hydrogen) atoms. The highest BCUT2D eigenvalue weighted by Crippen LogP contribution is 2.49. The number of anilines is 1. The number of benzene rings is 1. The summed E-state index contributed by atoms with van der Waals surface area (Å²) in [6, 6.07) is 4.03. The van der Waals surface area contributed by atoms with Crippen molar-refractivity contribution in [3.8, 4) is 10.7 Å². The van der Waals surface area contributed by atoms with Crippen LogP contribution in [-0.4, -0.2) is 96.8 Å². The van der Waals surface area contributed by atoms with Crippen LogP contribution in [0.2, 0.25) is 25.7 Å². The molecule has 4 fully saturated rings. The molecule has 17 heteroatoms. The third kappa shape index (κ3) is 6.46. The number of carbonyl (C=O) groups is 1. The van der Waals surface area contributed by atoms with Crippen molar-refractivity contribution in [2.45, 2.75) is 81.2 Å². The van der Waals surface area contributed by atoms with Gasteiger partial charge in [0.15, 0.2) is 10.0 Å². The van der Waals surface area contributed by atoms with E-state index in [1.165, 1.54) is 10.4 Å². The predicted molar refractivity (Wildman–Crippen MR) is 189 cm³/mol. The quantitative estimate of drug-likeness (QED) is 0.0985. The Labute approximate surface area is 296 Å². The summed E-state index contributed by atoms with van der Waals surface area (Å²) in [5.74, 6) is 0.424. The molecule has 0 radical (unpaired) electrons. The van der Waals surface area contributed by atoms with Gasteiger partial charge in [-0.25, -0.2) is 23.8 Å². The van der Waals surface area contributed by atoms with Crippen LogP contribution >= 0.6 is 11.3 Å². The first-order chi connectivity index (χ1) is 23.7. The fourth-order valence-corrected chi connectivity index (χ4v) is 11.0. The molecule has 1 aromatic carbocycles. The SMILES string of the molecule is [C-]#[N+]C1(N(COCC[Si](C)(C)C)S(=O)(=O)c2cc(N3CC4CCC(C3)C4C(=O)N3CCCC3)c3c(c2)c(-c2nnc(C(F)F)s2)nn3C)CC1. The smallest absolute Gasteiger partial charge is 0.303 e. The summed E-state index contributed by atoms with van der Waals surface area (Å²) in [5.41, 5.74) is 0.318. The van der Waals surface area contributed by atoms with E-state index < -0.39 is 35.2 Å². The van der Waals surface area contributed by atoms with Gasteiger partial charge in [-0.3, -0.25) is 14.3 Å². The summed E-state index contributed by atoms with van der Waals surface area (Å²) < 4.78 is 65.4. The highest BCUT2D eigenvalue weighted by molar-refractivity contribution is 7.89. The standard InChI is InChI=1S/C33H44F2N8O4S2Si/c1-36-33(10-11-33)43(20-47-14-15-50(3,4)5)49(45,46)23-16-24-27(30-37-38-31(48-30)29(34)35)39-40(2)28(24)25(17-23)42-18-21-8-9-22(19-42)26(21)32(44)41-12-6-7-13-41/h16-17,21-22,26,29H,6-15,18-20H2,2-5H3. The van der Waals surface area contributed by atoms with Gasteiger partial charge in [-0.2, -0.15) is 5.10 Å². The topological polar surface area (TPSA) is 118 Å². The molecule has 4 aliphatic rings. The number of aryl methyl sites for hydroxylation is 1. The largest absolute Gasteiger partial charge is 0.369 e. The molecule has 2 aliphatic carbocycles. The second-order valence-electron chi connectivity index (χ2n) is 15.4. The first kappa shape index (κ1) is 35.4. The number of piperidine rings is 1. The van der Waals surface area contributed by atoms with E-state index in [1.54, 1.807) is 17.8 Å². The van der Waals surface area contributed by atoms with E-state index in [4.69, 9.17) is 11.3 Å². The zero-order valence-corrected chi connectivity index (χ0v) is 31.6. The number of aromatic nitrogens is 4. The van der Waals surface area contributed by atoms with Gasteiger partial charge >= 0.3 is 5.66 Å². The third-order valence-corrected chi connectivity index (χ3v) is 15.3. The van der Waals surface area contributed by atoms with Gasteiger partial charge in [0.25, 0.3) is 16.4 Å². The first-order valence-corrected chi connectivity index (χ1v) is 23.3. The lowest BCUT2D eigenvalue weighted by Gasteiger charge is -2.40. The Hall–Kier alpha value is -3.04. The molecule has 0 N–H and O–H groups in total. The van der Waals surface area contributed by atoms with Crippen molar-refractivity contribution in [1.29, 1.82) is 0 Å². The van der Waals surface area contributed by atoms with Gasteiger partial charge in [0.05, 0.1) is 28.9 Å². The number of rotatable bonds is 12. The van der Waals surface area contributed by atoms with E-state index in [2.05, 4.69) is 44.7 Å². The molecule has 1 amide bonds. The van der Waals surface area contributed by atoms with Crippen LogP contribution in [0.1, 0.15) is 50.0 Å². The Bertz CT molecular complexity index is 1920. The summed E-state index contributed by atoms with van der Waals surface area (Å²) in [6.07, 6.45) is 1.91. The molecule has 2 aromatic heterocycles. The molecule has 2 saturated carbocycles. The molecule has 2 bridgehead atoms. The number of halogens is 2. The summed E-state index contributed by atoms with van der Waals surface area (Å²) in [7, 11) is -4.00. The molecular formula is C33H44F2N8O4S2Si. The molecular weight excluding hydrogens is 703 g/mol. The number of carbonyl (C=O) groups excluding carboxylic acids is 1. The van der Waals surface area contributed by atoms with Crippen LogP contribution in [0.4, 0.5) is 14.5 Å². The molecule has 7 rings (SSSR count). The Balaban J connectivity index is 1.31. The van der Waals surface area contributed by atoms with Crippen molar-refractivity contribution in [3.63, 3.8) is 0 Å². The van der Waals surface area contributed by atoms with Gasteiger partial charge in [-0.1, -0.05) is 35.3 Å². The van der Waals surface area contributed by atoms with Gasteiger partial charge in [0, 0.05) is 59.2 Å². The Morgan fingerprint density at radius 3 is 2.42 bits per heavy atom. The van der Waals surface area contributed by atoms with Crippen LogP contribution in [0.5, 0.6) is 0 Å². The molecule has 2 atom stereocenters. The van der Waals surface area contributed by atoms with Gasteiger partial charge < -0.3 is 14.5 Å². The van der Waals surface area contributed by atoms with Crippen molar-refractivity contribution in [1.82, 2.24) is 29.2 Å². The van der Waals surface area contributed by atoms with Crippen molar-refractivity contribution in [3.05, 3.63) is 28.6 Å². The number of hydrogen-bond donors (Lipinski definition) is 0. The Kier molecular flexibility index (Phi) is 9.32. The average Bonchev–Trinajstić information content (AvgIpc) is 3.46. The summed E-state index contributed by atoms with van der Waals surface area (Å²) in [6.45, 7) is 17.5. The first-order valence-electron chi connectivity index (χ1n) is 17.4. The molecule has 270 valence electrons. The van der Waals surface area contributed by atoms with Gasteiger partial charge in [0.1, 0.15) is 12.4 Å². The van der Waals surface area contributed by atoms with E-state index >= 15 is 0 Å². The lowest BCUT2D eigenvalue weighted by Crippen LogP contribution is -2.48. The number of nitrogens with zero attached hydrogens (tertiary/aromatic N) is 8. The maximum atomic E-state index is 14.7. The molecule has 12 nitrogen and oxygen atoms in total. The van der Waals surface area contributed by atoms with Crippen molar-refractivity contribution < 1.29 is 26.7 Å². The zero-order chi connectivity index (χ0) is 35.6. The molecule has 0 spiro atoms. The Morgan fingerprint density at radius 2 is 1.84 bits per heavy atom. The molecule has 3 aromatic rings. The fourth-order valence-electron chi connectivity index (χ4n) is 7.90. The third-order valence-electron chi connectivity index (χ3n) is 10.8. The molecule has 2 saturated heterocycles. The fraction of sp³-hybridized carbons (Fsp3) is 0.667. The summed E-state index contributed by atoms with van der Waals surface area (Å²) in [5, 5.41) is 12.5. The van der Waals surface area contributed by atoms with Crippen LogP contribution in [-0.2, 0) is 26.6 Å². The number of amides is 1. The van der Waals surface area contributed by atoms with Crippen molar-refractivity contribution in [2.75, 3.05) is 44.4 Å². The number of fused-ring (bicyclic) bond motifs is 3. The minimum Gasteiger partial charge on any atom is -0.369 e. The second-order valence-corrected chi connectivity index (χ2v) is 23.9. The van der Waals surface area contributed by atoms with Gasteiger partial charge in [-0.05, 0) is 55.7 Å². The lowest BCUT2D eigenvalue weighted by molar-refractivity contribution is -0.137. The van der Waals surface area contributed by atoms with E-state index in [9.17, 15) is 22.0 Å². The highest BCUT2D eigenvalue weighted by atomic mass is 32.2. The van der Waals surface area contributed by atoms with Crippen LogP contribution in [0.3, 0.4) is 0 Å². The minimum absolute atomic E-state index is 0.0285. The maximum Gasteiger partial charge on any atom is 0.303 e. The van der Waals surface area contributed by atoms with Crippen LogP contribution < -0.4 is 4.90 Å². The lowest BCUT2D eigenvalue weighted by atomic mass is 9.83. The molecule has 2 aliphatic heterocycles. The predicted octanol–water partition coefficient (Wildman–Crippen LogP) is 5.83. The number of likely N-dealkylation sites (tertiary alicyclic amines) is 1. The zero-order valence-electron chi connectivity index (χ0n) is 28.9. The molecule has 2 unspecified atom stereocenters.